The van der Waals surface area contributed by atoms with Crippen LogP contribution in [-0.2, 0) is 11.3 Å². The monoisotopic (exact) mass is 289 g/mol. The summed E-state index contributed by atoms with van der Waals surface area (Å²) < 4.78 is 1.02. The van der Waals surface area contributed by atoms with Gasteiger partial charge in [0, 0.05) is 17.6 Å². The van der Waals surface area contributed by atoms with Gasteiger partial charge in [-0.25, -0.2) is 0 Å². The molecule has 0 heterocycles. The van der Waals surface area contributed by atoms with Crippen LogP contribution in [0.2, 0.25) is 0 Å². The fourth-order valence-corrected chi connectivity index (χ4v) is 1.87. The molecule has 0 bridgehead atoms. The number of hydrogen-bond acceptors (Lipinski definition) is 1. The number of carbonyl (C=O) groups excluding carboxylic acids is 1. The molecular weight excluding hydrogens is 277 g/mol. The summed E-state index contributed by atoms with van der Waals surface area (Å²) in [7, 11) is 0. The number of rotatable bonds is 4. The zero-order valence-corrected chi connectivity index (χ0v) is 10.9. The van der Waals surface area contributed by atoms with Crippen LogP contribution >= 0.6 is 27.5 Å². The molecule has 4 heteroatoms. The molecule has 0 aromatic heterocycles. The number of benzene rings is 1. The van der Waals surface area contributed by atoms with Gasteiger partial charge in [-0.15, -0.1) is 11.6 Å². The fraction of sp³-hybridized carbons (Fsp3) is 0.364. The Morgan fingerprint density at radius 1 is 1.47 bits per heavy atom. The van der Waals surface area contributed by atoms with Gasteiger partial charge in [0.15, 0.2) is 0 Å². The second-order valence-electron chi connectivity index (χ2n) is 3.13. The molecule has 0 atom stereocenters. The minimum absolute atomic E-state index is 0.0325. The van der Waals surface area contributed by atoms with Gasteiger partial charge >= 0.3 is 0 Å². The van der Waals surface area contributed by atoms with Crippen LogP contribution in [0.3, 0.4) is 0 Å². The Balaban J connectivity index is 2.75. The Morgan fingerprint density at radius 3 is 2.67 bits per heavy atom. The van der Waals surface area contributed by atoms with Crippen molar-refractivity contribution in [1.82, 2.24) is 4.90 Å². The summed E-state index contributed by atoms with van der Waals surface area (Å²) in [5.74, 6) is 0.00749. The van der Waals surface area contributed by atoms with E-state index >= 15 is 0 Å². The molecule has 1 aromatic carbocycles. The highest BCUT2D eigenvalue weighted by molar-refractivity contribution is 9.10. The molecule has 0 spiro atoms. The van der Waals surface area contributed by atoms with E-state index in [1.54, 1.807) is 4.90 Å². The average Bonchev–Trinajstić information content (AvgIpc) is 2.27. The molecule has 0 radical (unpaired) electrons. The topological polar surface area (TPSA) is 20.3 Å². The first kappa shape index (κ1) is 12.5. The molecule has 1 amide bonds. The molecule has 2 nitrogen and oxygen atoms in total. The van der Waals surface area contributed by atoms with Gasteiger partial charge in [-0.05, 0) is 18.6 Å². The van der Waals surface area contributed by atoms with E-state index in [1.807, 2.05) is 31.2 Å². The smallest absolute Gasteiger partial charge is 0.237 e. The van der Waals surface area contributed by atoms with E-state index in [2.05, 4.69) is 15.9 Å². The third kappa shape index (κ3) is 3.50. The Kier molecular flexibility index (Phi) is 5.12. The lowest BCUT2D eigenvalue weighted by Crippen LogP contribution is -2.31. The van der Waals surface area contributed by atoms with Crippen LogP contribution in [0.25, 0.3) is 0 Å². The number of amides is 1. The van der Waals surface area contributed by atoms with Crippen LogP contribution in [-0.4, -0.2) is 23.2 Å². The lowest BCUT2D eigenvalue weighted by Gasteiger charge is -2.20. The number of alkyl halides is 1. The second kappa shape index (κ2) is 6.13. The number of carbonyl (C=O) groups is 1. The van der Waals surface area contributed by atoms with Crippen molar-refractivity contribution in [3.05, 3.63) is 34.3 Å². The highest BCUT2D eigenvalue weighted by Crippen LogP contribution is 2.17. The van der Waals surface area contributed by atoms with Crippen molar-refractivity contribution < 1.29 is 4.79 Å². The number of nitrogens with zero attached hydrogens (tertiary/aromatic N) is 1. The first-order chi connectivity index (χ1) is 7.19. The van der Waals surface area contributed by atoms with Gasteiger partial charge in [0.25, 0.3) is 0 Å². The van der Waals surface area contributed by atoms with Crippen LogP contribution in [0.4, 0.5) is 0 Å². The molecule has 0 N–H and O–H groups in total. The van der Waals surface area contributed by atoms with Crippen molar-refractivity contribution in [3.63, 3.8) is 0 Å². The molecule has 0 unspecified atom stereocenters. The predicted octanol–water partition coefficient (Wildman–Crippen LogP) is 3.04. The largest absolute Gasteiger partial charge is 0.338 e. The lowest BCUT2D eigenvalue weighted by atomic mass is 10.2. The number of halogens is 2. The van der Waals surface area contributed by atoms with Gasteiger partial charge in [0.05, 0.1) is 0 Å². The molecule has 15 heavy (non-hydrogen) atoms. The maximum Gasteiger partial charge on any atom is 0.237 e. The quantitative estimate of drug-likeness (QED) is 0.781. The molecule has 1 rings (SSSR count). The van der Waals surface area contributed by atoms with Gasteiger partial charge in [0.2, 0.25) is 5.91 Å². The zero-order valence-electron chi connectivity index (χ0n) is 8.54. The summed E-state index contributed by atoms with van der Waals surface area (Å²) in [6, 6.07) is 7.87. The maximum absolute atomic E-state index is 11.4. The highest BCUT2D eigenvalue weighted by Gasteiger charge is 2.11. The molecule has 0 aliphatic carbocycles. The SMILES string of the molecule is CCN(Cc1ccccc1Br)C(=O)CCl. The van der Waals surface area contributed by atoms with E-state index < -0.39 is 0 Å². The van der Waals surface area contributed by atoms with E-state index in [-0.39, 0.29) is 11.8 Å². The second-order valence-corrected chi connectivity index (χ2v) is 4.25. The summed E-state index contributed by atoms with van der Waals surface area (Å²) in [5, 5.41) is 0. The zero-order chi connectivity index (χ0) is 11.3. The van der Waals surface area contributed by atoms with E-state index in [4.69, 9.17) is 11.6 Å². The third-order valence-corrected chi connectivity index (χ3v) is 3.17. The van der Waals surface area contributed by atoms with Gasteiger partial charge in [0.1, 0.15) is 5.88 Å². The minimum Gasteiger partial charge on any atom is -0.338 e. The van der Waals surface area contributed by atoms with Crippen molar-refractivity contribution in [2.24, 2.45) is 0 Å². The van der Waals surface area contributed by atoms with Crippen molar-refractivity contribution in [2.75, 3.05) is 12.4 Å². The van der Waals surface area contributed by atoms with Crippen LogP contribution in [0.15, 0.2) is 28.7 Å². The van der Waals surface area contributed by atoms with Crippen LogP contribution in [0.1, 0.15) is 12.5 Å². The molecule has 0 fully saturated rings. The molecular formula is C11H13BrClNO. The Morgan fingerprint density at radius 2 is 2.13 bits per heavy atom. The standard InChI is InChI=1S/C11H13BrClNO/c1-2-14(11(15)7-13)8-9-5-3-4-6-10(9)12/h3-6H,2,7-8H2,1H3. The summed E-state index contributed by atoms with van der Waals surface area (Å²) in [6.45, 7) is 3.22. The average molecular weight is 291 g/mol. The van der Waals surface area contributed by atoms with Crippen molar-refractivity contribution in [3.8, 4) is 0 Å². The molecule has 0 aliphatic rings. The van der Waals surface area contributed by atoms with Gasteiger partial charge < -0.3 is 4.90 Å². The first-order valence-corrected chi connectivity index (χ1v) is 6.09. The molecule has 0 saturated heterocycles. The van der Waals surface area contributed by atoms with Crippen molar-refractivity contribution >= 4 is 33.4 Å². The van der Waals surface area contributed by atoms with Crippen molar-refractivity contribution in [2.45, 2.75) is 13.5 Å². The lowest BCUT2D eigenvalue weighted by molar-refractivity contribution is -0.128. The Bertz CT molecular complexity index is 343. The van der Waals surface area contributed by atoms with E-state index in [0.29, 0.717) is 13.1 Å². The number of hydrogen-bond donors (Lipinski definition) is 0. The van der Waals surface area contributed by atoms with Gasteiger partial charge in [-0.2, -0.15) is 0 Å². The molecule has 0 saturated carbocycles. The molecule has 1 aromatic rings. The Hall–Kier alpha value is -0.540. The summed E-state index contributed by atoms with van der Waals surface area (Å²) >= 11 is 8.98. The summed E-state index contributed by atoms with van der Waals surface area (Å²) in [5.41, 5.74) is 1.10. The van der Waals surface area contributed by atoms with Gasteiger partial charge in [-0.3, -0.25) is 4.79 Å². The molecule has 0 aliphatic heterocycles. The fourth-order valence-electron chi connectivity index (χ4n) is 1.29. The maximum atomic E-state index is 11.4. The van der Waals surface area contributed by atoms with Gasteiger partial charge in [-0.1, -0.05) is 34.1 Å². The van der Waals surface area contributed by atoms with E-state index in [9.17, 15) is 4.79 Å². The highest BCUT2D eigenvalue weighted by atomic mass is 79.9. The van der Waals surface area contributed by atoms with Crippen LogP contribution < -0.4 is 0 Å². The predicted molar refractivity (Wildman–Crippen MR) is 66.0 cm³/mol. The van der Waals surface area contributed by atoms with E-state index in [0.717, 1.165) is 10.0 Å². The summed E-state index contributed by atoms with van der Waals surface area (Å²) in [6.07, 6.45) is 0. The normalized spacial score (nSPS) is 10.1. The molecule has 82 valence electrons. The first-order valence-electron chi connectivity index (χ1n) is 4.76. The third-order valence-electron chi connectivity index (χ3n) is 2.17. The Labute approximate surface area is 103 Å². The minimum atomic E-state index is -0.0325. The van der Waals surface area contributed by atoms with E-state index in [1.165, 1.54) is 0 Å². The van der Waals surface area contributed by atoms with Crippen LogP contribution in [0, 0.1) is 0 Å². The summed E-state index contributed by atoms with van der Waals surface area (Å²) in [4.78, 5) is 13.2. The van der Waals surface area contributed by atoms with Crippen LogP contribution in [0.5, 0.6) is 0 Å². The van der Waals surface area contributed by atoms with Crippen molar-refractivity contribution in [1.29, 1.82) is 0 Å².